The SMILES string of the molecule is O=C(Cc1csc(-c2cccs2)n1)NC(c1ccccc1)c1ccncc1. The number of pyridine rings is 1. The first-order valence-electron chi connectivity index (χ1n) is 8.52. The van der Waals surface area contributed by atoms with Gasteiger partial charge in [-0.25, -0.2) is 4.98 Å². The van der Waals surface area contributed by atoms with Gasteiger partial charge in [0.15, 0.2) is 0 Å². The van der Waals surface area contributed by atoms with Crippen LogP contribution in [-0.4, -0.2) is 15.9 Å². The van der Waals surface area contributed by atoms with Gasteiger partial charge < -0.3 is 5.32 Å². The van der Waals surface area contributed by atoms with Crippen molar-refractivity contribution in [3.05, 3.63) is 94.6 Å². The summed E-state index contributed by atoms with van der Waals surface area (Å²) in [5, 5.41) is 8.09. The number of nitrogens with one attached hydrogen (secondary N) is 1. The molecule has 1 amide bonds. The van der Waals surface area contributed by atoms with E-state index in [4.69, 9.17) is 0 Å². The molecule has 3 heterocycles. The molecule has 134 valence electrons. The molecular weight excluding hydrogens is 374 g/mol. The second kappa shape index (κ2) is 8.24. The van der Waals surface area contributed by atoms with Crippen molar-refractivity contribution in [3.8, 4) is 9.88 Å². The topological polar surface area (TPSA) is 54.9 Å². The Morgan fingerprint density at radius 3 is 2.48 bits per heavy atom. The van der Waals surface area contributed by atoms with Crippen LogP contribution >= 0.6 is 22.7 Å². The van der Waals surface area contributed by atoms with E-state index in [9.17, 15) is 4.79 Å². The molecule has 0 fully saturated rings. The molecule has 27 heavy (non-hydrogen) atoms. The summed E-state index contributed by atoms with van der Waals surface area (Å²) in [5.41, 5.74) is 2.83. The fourth-order valence-corrected chi connectivity index (χ4v) is 4.47. The van der Waals surface area contributed by atoms with Crippen molar-refractivity contribution in [3.63, 3.8) is 0 Å². The lowest BCUT2D eigenvalue weighted by molar-refractivity contribution is -0.121. The summed E-state index contributed by atoms with van der Waals surface area (Å²) < 4.78 is 0. The van der Waals surface area contributed by atoms with Gasteiger partial charge in [-0.15, -0.1) is 22.7 Å². The third-order valence-corrected chi connectivity index (χ3v) is 6.03. The number of thiazole rings is 1. The summed E-state index contributed by atoms with van der Waals surface area (Å²) in [7, 11) is 0. The summed E-state index contributed by atoms with van der Waals surface area (Å²) in [6.45, 7) is 0. The normalized spacial score (nSPS) is 11.9. The zero-order valence-corrected chi connectivity index (χ0v) is 16.0. The van der Waals surface area contributed by atoms with Crippen molar-refractivity contribution in [1.29, 1.82) is 0 Å². The summed E-state index contributed by atoms with van der Waals surface area (Å²) in [5.74, 6) is -0.0521. The molecule has 0 aliphatic rings. The number of hydrogen-bond acceptors (Lipinski definition) is 5. The van der Waals surface area contributed by atoms with E-state index in [2.05, 4.69) is 15.3 Å². The minimum Gasteiger partial charge on any atom is -0.345 e. The first kappa shape index (κ1) is 17.6. The predicted octanol–water partition coefficient (Wildman–Crippen LogP) is 4.71. The molecule has 0 aliphatic heterocycles. The highest BCUT2D eigenvalue weighted by Crippen LogP contribution is 2.28. The molecule has 6 heteroatoms. The number of thiophene rings is 1. The number of carbonyl (C=O) groups is 1. The van der Waals surface area contributed by atoms with Gasteiger partial charge in [0.2, 0.25) is 5.91 Å². The quantitative estimate of drug-likeness (QED) is 0.518. The van der Waals surface area contributed by atoms with Crippen molar-refractivity contribution in [2.45, 2.75) is 12.5 Å². The van der Waals surface area contributed by atoms with Crippen molar-refractivity contribution < 1.29 is 4.79 Å². The van der Waals surface area contributed by atoms with Gasteiger partial charge in [0.05, 0.1) is 23.0 Å². The fraction of sp³-hybridized carbons (Fsp3) is 0.0952. The Morgan fingerprint density at radius 2 is 1.74 bits per heavy atom. The Hall–Kier alpha value is -2.83. The molecule has 0 aliphatic carbocycles. The largest absolute Gasteiger partial charge is 0.345 e. The lowest BCUT2D eigenvalue weighted by atomic mass is 9.99. The van der Waals surface area contributed by atoms with Crippen molar-refractivity contribution >= 4 is 28.6 Å². The lowest BCUT2D eigenvalue weighted by Gasteiger charge is -2.19. The van der Waals surface area contributed by atoms with Gasteiger partial charge in [-0.3, -0.25) is 9.78 Å². The third kappa shape index (κ3) is 4.30. The van der Waals surface area contributed by atoms with Gasteiger partial charge in [0, 0.05) is 17.8 Å². The molecule has 0 bridgehead atoms. The van der Waals surface area contributed by atoms with Crippen LogP contribution in [-0.2, 0) is 11.2 Å². The minimum atomic E-state index is -0.211. The van der Waals surface area contributed by atoms with E-state index in [0.29, 0.717) is 0 Å². The Kier molecular flexibility index (Phi) is 5.37. The van der Waals surface area contributed by atoms with Crippen molar-refractivity contribution in [2.75, 3.05) is 0 Å². The van der Waals surface area contributed by atoms with E-state index in [1.807, 2.05) is 65.4 Å². The molecule has 4 rings (SSSR count). The second-order valence-corrected chi connectivity index (χ2v) is 7.80. The molecule has 1 N–H and O–H groups in total. The highest BCUT2D eigenvalue weighted by atomic mass is 32.1. The van der Waals surface area contributed by atoms with Crippen LogP contribution in [0.2, 0.25) is 0 Å². The Morgan fingerprint density at radius 1 is 0.963 bits per heavy atom. The molecule has 1 aromatic carbocycles. The Labute approximate surface area is 165 Å². The summed E-state index contributed by atoms with van der Waals surface area (Å²) in [6.07, 6.45) is 3.74. The van der Waals surface area contributed by atoms with Gasteiger partial charge in [-0.1, -0.05) is 36.4 Å². The molecule has 4 nitrogen and oxygen atoms in total. The van der Waals surface area contributed by atoms with Gasteiger partial charge in [0.1, 0.15) is 5.01 Å². The molecule has 1 unspecified atom stereocenters. The van der Waals surface area contributed by atoms with Crippen molar-refractivity contribution in [1.82, 2.24) is 15.3 Å². The summed E-state index contributed by atoms with van der Waals surface area (Å²) >= 11 is 3.23. The molecule has 0 spiro atoms. The minimum absolute atomic E-state index is 0.0521. The van der Waals surface area contributed by atoms with E-state index in [1.165, 1.54) is 0 Å². The number of nitrogens with zero attached hydrogens (tertiary/aromatic N) is 2. The predicted molar refractivity (Wildman–Crippen MR) is 110 cm³/mol. The van der Waals surface area contributed by atoms with Crippen LogP contribution < -0.4 is 5.32 Å². The van der Waals surface area contributed by atoms with Crippen LogP contribution in [0.3, 0.4) is 0 Å². The monoisotopic (exact) mass is 391 g/mol. The number of amides is 1. The number of hydrogen-bond donors (Lipinski definition) is 1. The van der Waals surface area contributed by atoms with Crippen LogP contribution in [0.15, 0.2) is 77.8 Å². The average molecular weight is 392 g/mol. The highest BCUT2D eigenvalue weighted by molar-refractivity contribution is 7.20. The van der Waals surface area contributed by atoms with Gasteiger partial charge in [-0.2, -0.15) is 0 Å². The number of benzene rings is 1. The van der Waals surface area contributed by atoms with Gasteiger partial charge in [-0.05, 0) is 34.7 Å². The van der Waals surface area contributed by atoms with E-state index >= 15 is 0 Å². The Bertz CT molecular complexity index is 959. The number of rotatable bonds is 6. The fourth-order valence-electron chi connectivity index (χ4n) is 2.84. The van der Waals surface area contributed by atoms with Gasteiger partial charge >= 0.3 is 0 Å². The molecule has 0 radical (unpaired) electrons. The van der Waals surface area contributed by atoms with Crippen LogP contribution in [0.5, 0.6) is 0 Å². The van der Waals surface area contributed by atoms with Crippen LogP contribution in [0.4, 0.5) is 0 Å². The van der Waals surface area contributed by atoms with Crippen LogP contribution in [0, 0.1) is 0 Å². The molecule has 4 aromatic rings. The summed E-state index contributed by atoms with van der Waals surface area (Å²) in [4.78, 5) is 22.5. The highest BCUT2D eigenvalue weighted by Gasteiger charge is 2.18. The van der Waals surface area contributed by atoms with Crippen LogP contribution in [0.25, 0.3) is 9.88 Å². The Balaban J connectivity index is 1.51. The number of carbonyl (C=O) groups excluding carboxylic acids is 1. The first-order chi connectivity index (χ1) is 13.3. The smallest absolute Gasteiger partial charge is 0.226 e. The van der Waals surface area contributed by atoms with E-state index in [-0.39, 0.29) is 18.4 Å². The average Bonchev–Trinajstić information content (AvgIpc) is 3.39. The molecular formula is C21H17N3OS2. The maximum atomic E-state index is 12.7. The first-order valence-corrected chi connectivity index (χ1v) is 10.3. The molecule has 1 atom stereocenters. The zero-order chi connectivity index (χ0) is 18.5. The standard InChI is InChI=1S/C21H17N3OS2/c25-19(13-17-14-27-21(23-17)18-7-4-12-26-18)24-20(15-5-2-1-3-6-15)16-8-10-22-11-9-16/h1-12,14,20H,13H2,(H,24,25). The molecule has 0 saturated carbocycles. The van der Waals surface area contributed by atoms with E-state index < -0.39 is 0 Å². The maximum Gasteiger partial charge on any atom is 0.226 e. The zero-order valence-electron chi connectivity index (χ0n) is 14.4. The third-order valence-electron chi connectivity index (χ3n) is 4.10. The number of aromatic nitrogens is 2. The van der Waals surface area contributed by atoms with Crippen LogP contribution in [0.1, 0.15) is 22.9 Å². The van der Waals surface area contributed by atoms with E-state index in [1.54, 1.807) is 35.1 Å². The summed E-state index contributed by atoms with van der Waals surface area (Å²) in [6, 6.07) is 17.6. The van der Waals surface area contributed by atoms with Crippen molar-refractivity contribution in [2.24, 2.45) is 0 Å². The maximum absolute atomic E-state index is 12.7. The van der Waals surface area contributed by atoms with E-state index in [0.717, 1.165) is 26.7 Å². The lowest BCUT2D eigenvalue weighted by Crippen LogP contribution is -2.30. The van der Waals surface area contributed by atoms with Gasteiger partial charge in [0.25, 0.3) is 0 Å². The molecule has 3 aromatic heterocycles. The molecule has 0 saturated heterocycles. The second-order valence-electron chi connectivity index (χ2n) is 5.99.